The summed E-state index contributed by atoms with van der Waals surface area (Å²) in [7, 11) is 5.20. The Bertz CT molecular complexity index is 2400. The zero-order valence-electron chi connectivity index (χ0n) is 38.6. The molecule has 0 spiro atoms. The third-order valence-corrected chi connectivity index (χ3v) is 10.9. The number of amides is 2. The van der Waals surface area contributed by atoms with Gasteiger partial charge in [0.2, 0.25) is 5.91 Å². The normalized spacial score (nSPS) is 15.3. The van der Waals surface area contributed by atoms with Gasteiger partial charge in [-0.15, -0.1) is 0 Å². The van der Waals surface area contributed by atoms with Crippen LogP contribution in [0.15, 0.2) is 128 Å². The first-order valence-electron chi connectivity index (χ1n) is 22.7. The van der Waals surface area contributed by atoms with E-state index < -0.39 is 6.09 Å². The number of aromatic nitrogens is 4. The molecule has 0 saturated carbocycles. The van der Waals surface area contributed by atoms with Crippen LogP contribution in [0.2, 0.25) is 0 Å². The van der Waals surface area contributed by atoms with Gasteiger partial charge in [-0.3, -0.25) is 9.69 Å². The van der Waals surface area contributed by atoms with Crippen LogP contribution in [0.25, 0.3) is 22.5 Å². The molecule has 2 saturated heterocycles. The number of rotatable bonds is 14. The Morgan fingerprint density at radius 3 is 1.94 bits per heavy atom. The number of benzene rings is 4. The summed E-state index contributed by atoms with van der Waals surface area (Å²) < 4.78 is 9.08. The fraction of sp³-hybridized carbons (Fsp3) is 0.321. The Labute approximate surface area is 393 Å². The van der Waals surface area contributed by atoms with E-state index in [0.29, 0.717) is 18.9 Å². The third-order valence-electron chi connectivity index (χ3n) is 10.9. The van der Waals surface area contributed by atoms with Crippen molar-refractivity contribution in [1.82, 2.24) is 40.8 Å². The Kier molecular flexibility index (Phi) is 21.7. The maximum atomic E-state index is 12.6. The minimum atomic E-state index is -0.586. The maximum Gasteiger partial charge on any atom is 0.407 e. The summed E-state index contributed by atoms with van der Waals surface area (Å²) >= 11 is 0. The number of hydrogen-bond acceptors (Lipinski definition) is 10. The van der Waals surface area contributed by atoms with Gasteiger partial charge in [-0.2, -0.15) is 0 Å². The minimum absolute atomic E-state index is 0.00662. The lowest BCUT2D eigenvalue weighted by Gasteiger charge is -2.16. The van der Waals surface area contributed by atoms with E-state index in [-0.39, 0.29) is 24.6 Å². The minimum Gasteiger partial charge on any atom is -0.453 e. The van der Waals surface area contributed by atoms with E-state index in [1.54, 1.807) is 7.05 Å². The zero-order chi connectivity index (χ0) is 47.5. The third kappa shape index (κ3) is 17.3. The van der Waals surface area contributed by atoms with E-state index in [4.69, 9.17) is 4.74 Å². The Morgan fingerprint density at radius 2 is 1.42 bits per heavy atom. The van der Waals surface area contributed by atoms with Crippen molar-refractivity contribution in [3.8, 4) is 34.4 Å². The number of aromatic amines is 2. The maximum absolute atomic E-state index is 12.6. The molecule has 3 atom stereocenters. The second-order valence-corrected chi connectivity index (χ2v) is 15.7. The van der Waals surface area contributed by atoms with Crippen LogP contribution in [0.5, 0.6) is 0 Å². The summed E-state index contributed by atoms with van der Waals surface area (Å²) in [5.74, 6) is 8.56. The van der Waals surface area contributed by atoms with Crippen molar-refractivity contribution in [3.63, 3.8) is 0 Å². The molecule has 14 nitrogen and oxygen atoms in total. The molecule has 8 rings (SSSR count). The summed E-state index contributed by atoms with van der Waals surface area (Å²) in [6.07, 6.45) is 11.6. The average Bonchev–Trinajstić information content (AvgIpc) is 4.24. The largest absolute Gasteiger partial charge is 0.453 e. The van der Waals surface area contributed by atoms with Crippen LogP contribution in [0.3, 0.4) is 0 Å². The average molecular weight is 907 g/mol. The van der Waals surface area contributed by atoms with Gasteiger partial charge < -0.3 is 45.0 Å². The number of likely N-dealkylation sites (N-methyl/N-ethyl adjacent to an activating group) is 1. The highest BCUT2D eigenvalue weighted by atomic mass is 16.5. The van der Waals surface area contributed by atoms with E-state index in [0.717, 1.165) is 109 Å². The number of methoxy groups -OCH3 is 1. The first-order valence-corrected chi connectivity index (χ1v) is 22.7. The van der Waals surface area contributed by atoms with Crippen LogP contribution in [-0.2, 0) is 30.3 Å². The van der Waals surface area contributed by atoms with Crippen molar-refractivity contribution in [3.05, 3.63) is 156 Å². The number of likely N-dealkylation sites (tertiary alicyclic amines) is 1. The van der Waals surface area contributed by atoms with Crippen LogP contribution in [0.1, 0.15) is 78.9 Å². The van der Waals surface area contributed by atoms with E-state index in [2.05, 4.69) is 101 Å². The molecule has 0 bridgehead atoms. The van der Waals surface area contributed by atoms with Gasteiger partial charge in [0.05, 0.1) is 43.5 Å². The lowest BCUT2D eigenvalue weighted by molar-refractivity contribution is -0.123. The van der Waals surface area contributed by atoms with Gasteiger partial charge in [-0.25, -0.2) is 14.8 Å². The molecule has 2 aliphatic heterocycles. The molecule has 14 heteroatoms. The molecule has 4 heterocycles. The van der Waals surface area contributed by atoms with Crippen molar-refractivity contribution >= 4 is 24.6 Å². The second kappa shape index (κ2) is 28.7. The molecule has 2 aliphatic rings. The van der Waals surface area contributed by atoms with Gasteiger partial charge in [0.1, 0.15) is 36.4 Å². The second-order valence-electron chi connectivity index (χ2n) is 15.7. The van der Waals surface area contributed by atoms with Gasteiger partial charge >= 0.3 is 6.09 Å². The lowest BCUT2D eigenvalue weighted by Crippen LogP contribution is -2.36. The Morgan fingerprint density at radius 1 is 0.806 bits per heavy atom. The molecule has 5 N–H and O–H groups in total. The monoisotopic (exact) mass is 906 g/mol. The molecule has 2 amide bonds. The highest BCUT2D eigenvalue weighted by Crippen LogP contribution is 2.30. The van der Waals surface area contributed by atoms with Crippen molar-refractivity contribution in [2.75, 3.05) is 47.4 Å². The van der Waals surface area contributed by atoms with Gasteiger partial charge in [0, 0.05) is 30.7 Å². The predicted molar refractivity (Wildman–Crippen MR) is 261 cm³/mol. The quantitative estimate of drug-likeness (QED) is 0.0414. The van der Waals surface area contributed by atoms with E-state index in [1.807, 2.05) is 91.3 Å². The molecule has 0 radical (unpaired) electrons. The highest BCUT2D eigenvalue weighted by Gasteiger charge is 2.25. The zero-order valence-corrected chi connectivity index (χ0v) is 38.6. The molecule has 0 aliphatic carbocycles. The molecule has 67 heavy (non-hydrogen) atoms. The summed E-state index contributed by atoms with van der Waals surface area (Å²) in [6.45, 7) is 2.53. The fourth-order valence-electron chi connectivity index (χ4n) is 7.27. The predicted octanol–water partition coefficient (Wildman–Crippen LogP) is 7.63. The summed E-state index contributed by atoms with van der Waals surface area (Å²) in [4.78, 5) is 60.7. The van der Waals surface area contributed by atoms with Crippen molar-refractivity contribution < 1.29 is 28.7 Å². The number of carbonyl (C=O) groups excluding carboxylic acids is 4. The van der Waals surface area contributed by atoms with Crippen LogP contribution < -0.4 is 16.0 Å². The summed E-state index contributed by atoms with van der Waals surface area (Å²) in [6, 6.07) is 38.3. The summed E-state index contributed by atoms with van der Waals surface area (Å²) in [5.41, 5.74) is 7.10. The molecule has 2 aromatic heterocycles. The number of H-pyrrole nitrogens is 2. The summed E-state index contributed by atoms with van der Waals surface area (Å²) in [5, 5.41) is 8.30. The molecular formula is C53H62N8O6. The van der Waals surface area contributed by atoms with Crippen LogP contribution in [0.4, 0.5) is 4.79 Å². The van der Waals surface area contributed by atoms with Crippen molar-refractivity contribution in [1.29, 1.82) is 0 Å². The SMILES string of the molecule is CNC(C(=O)NCCCCc1ncc(-c2ccc(C#Cc3ccc(-c4cnc(C5CCCN5C)[nH]4)cc3)cc2)[nH]1)c1ccccc1.COC(=O)NCC=O.O=CC1CCCO1.c1ccccc1. The fourth-order valence-corrected chi connectivity index (χ4v) is 7.27. The Balaban J connectivity index is 0.000000327. The molecule has 3 unspecified atom stereocenters. The molecule has 350 valence electrons. The number of ether oxygens (including phenoxy) is 2. The van der Waals surface area contributed by atoms with Crippen LogP contribution in [-0.4, -0.2) is 103 Å². The lowest BCUT2D eigenvalue weighted by atomic mass is 10.1. The first-order chi connectivity index (χ1) is 32.8. The van der Waals surface area contributed by atoms with Gasteiger partial charge in [0.25, 0.3) is 0 Å². The van der Waals surface area contributed by atoms with E-state index >= 15 is 0 Å². The van der Waals surface area contributed by atoms with Gasteiger partial charge in [0.15, 0.2) is 0 Å². The smallest absolute Gasteiger partial charge is 0.407 e. The number of hydrogen-bond donors (Lipinski definition) is 5. The van der Waals surface area contributed by atoms with E-state index in [9.17, 15) is 19.2 Å². The van der Waals surface area contributed by atoms with Gasteiger partial charge in [-0.05, 0) is 100 Å². The highest BCUT2D eigenvalue weighted by molar-refractivity contribution is 5.83. The van der Waals surface area contributed by atoms with Crippen molar-refractivity contribution in [2.24, 2.45) is 0 Å². The first kappa shape index (κ1) is 50.8. The number of nitrogens with one attached hydrogen (secondary N) is 5. The topological polar surface area (TPSA) is 183 Å². The van der Waals surface area contributed by atoms with Gasteiger partial charge in [-0.1, -0.05) is 103 Å². The number of nitrogens with zero attached hydrogens (tertiary/aromatic N) is 3. The Hall–Kier alpha value is -7.18. The molecule has 2 fully saturated rings. The number of alkyl carbamates (subject to hydrolysis) is 1. The number of carbonyl (C=O) groups is 4. The molecule has 6 aromatic rings. The number of imidazole rings is 2. The number of aryl methyl sites for hydroxylation is 1. The van der Waals surface area contributed by atoms with Crippen LogP contribution in [0, 0.1) is 11.8 Å². The number of aldehydes is 2. The standard InChI is InChI=1S/C38H41N7O.C6H6.C5H8O2.C4H7NO3/c1-39-36(31-9-4-3-5-10-31)38(46)40-23-7-6-12-35-41-25-32(43-35)29-19-15-27(16-20-29)13-14-28-17-21-30(22-18-28)33-26-42-37(44-33)34-11-8-24-45(34)2;1-2-4-6-5-3-1;6-4-5-2-1-3-7-5;1-8-4(7)5-2-3-6/h3-5,9-10,15-22,25-26,34,36,39H,6-8,11-12,23-24H2,1-2H3,(H,40,46)(H,41,43)(H,42,44);1-6H;4-5H,1-3H2;3H,2H2,1H3,(H,5,7). The van der Waals surface area contributed by atoms with Crippen molar-refractivity contribution in [2.45, 2.75) is 63.1 Å². The number of unbranched alkanes of at least 4 members (excludes halogenated alkanes) is 1. The van der Waals surface area contributed by atoms with E-state index in [1.165, 1.54) is 13.5 Å². The molecular weight excluding hydrogens is 845 g/mol. The van der Waals surface area contributed by atoms with Crippen LogP contribution >= 0.6 is 0 Å². The molecule has 4 aromatic carbocycles.